The van der Waals surface area contributed by atoms with Crippen molar-refractivity contribution < 1.29 is 9.59 Å². The van der Waals surface area contributed by atoms with Crippen LogP contribution in [0.4, 0.5) is 0 Å². The third kappa shape index (κ3) is 6.18. The second kappa shape index (κ2) is 8.46. The van der Waals surface area contributed by atoms with Gasteiger partial charge in [-0.3, -0.25) is 9.59 Å². The monoisotopic (exact) mass is 261 g/mol. The lowest BCUT2D eigenvalue weighted by Crippen LogP contribution is -2.20. The lowest BCUT2D eigenvalue weighted by Gasteiger charge is -2.09. The van der Waals surface area contributed by atoms with E-state index in [1.54, 1.807) is 19.0 Å². The fourth-order valence-corrected chi connectivity index (χ4v) is 1.91. The molecule has 1 amide bonds. The fraction of sp³-hybridized carbons (Fsp3) is 0.500. The molecule has 0 unspecified atom stereocenters. The third-order valence-corrected chi connectivity index (χ3v) is 3.14. The summed E-state index contributed by atoms with van der Waals surface area (Å²) in [5, 5.41) is 0. The highest BCUT2D eigenvalue weighted by atomic mass is 16.2. The van der Waals surface area contributed by atoms with Crippen molar-refractivity contribution in [3.8, 4) is 0 Å². The average molecular weight is 261 g/mol. The molecule has 19 heavy (non-hydrogen) atoms. The molecule has 104 valence electrons. The predicted octanol–water partition coefficient (Wildman–Crippen LogP) is 3.30. The molecule has 0 aliphatic carbocycles. The van der Waals surface area contributed by atoms with Gasteiger partial charge < -0.3 is 4.90 Å². The van der Waals surface area contributed by atoms with Crippen molar-refractivity contribution in [2.75, 3.05) is 14.1 Å². The lowest BCUT2D eigenvalue weighted by molar-refractivity contribution is -0.128. The van der Waals surface area contributed by atoms with E-state index in [0.29, 0.717) is 12.8 Å². The van der Waals surface area contributed by atoms with Gasteiger partial charge in [0.2, 0.25) is 5.91 Å². The number of hydrogen-bond donors (Lipinski definition) is 0. The highest BCUT2D eigenvalue weighted by Crippen LogP contribution is 2.10. The molecule has 1 aromatic carbocycles. The van der Waals surface area contributed by atoms with Gasteiger partial charge in [-0.15, -0.1) is 0 Å². The van der Waals surface area contributed by atoms with Crippen molar-refractivity contribution in [3.63, 3.8) is 0 Å². The van der Waals surface area contributed by atoms with Gasteiger partial charge in [0.15, 0.2) is 5.78 Å². The van der Waals surface area contributed by atoms with Gasteiger partial charge >= 0.3 is 0 Å². The molecule has 0 radical (unpaired) electrons. The molecular weight excluding hydrogens is 238 g/mol. The number of ketones is 1. The van der Waals surface area contributed by atoms with Crippen LogP contribution in [0, 0.1) is 0 Å². The second-order valence-electron chi connectivity index (χ2n) is 4.99. The maximum absolute atomic E-state index is 11.8. The minimum Gasteiger partial charge on any atom is -0.349 e. The van der Waals surface area contributed by atoms with Crippen LogP contribution in [0.15, 0.2) is 30.3 Å². The van der Waals surface area contributed by atoms with Crippen molar-refractivity contribution in [1.82, 2.24) is 4.90 Å². The zero-order valence-electron chi connectivity index (χ0n) is 11.9. The summed E-state index contributed by atoms with van der Waals surface area (Å²) in [6.45, 7) is 0. The summed E-state index contributed by atoms with van der Waals surface area (Å²) in [6.07, 6.45) is 5.06. The third-order valence-electron chi connectivity index (χ3n) is 3.14. The first-order valence-corrected chi connectivity index (χ1v) is 6.89. The van der Waals surface area contributed by atoms with E-state index in [4.69, 9.17) is 0 Å². The van der Waals surface area contributed by atoms with Gasteiger partial charge in [-0.05, 0) is 12.8 Å². The van der Waals surface area contributed by atoms with Gasteiger partial charge in [0.05, 0.1) is 0 Å². The lowest BCUT2D eigenvalue weighted by atomic mass is 10.0. The van der Waals surface area contributed by atoms with Gasteiger partial charge in [0, 0.05) is 32.5 Å². The van der Waals surface area contributed by atoms with E-state index in [9.17, 15) is 9.59 Å². The number of unbranched alkanes of at least 4 members (excludes halogenated alkanes) is 3. The van der Waals surface area contributed by atoms with Crippen molar-refractivity contribution in [2.45, 2.75) is 38.5 Å². The molecule has 1 rings (SSSR count). The van der Waals surface area contributed by atoms with Crippen molar-refractivity contribution in [1.29, 1.82) is 0 Å². The molecule has 0 aliphatic rings. The van der Waals surface area contributed by atoms with Crippen LogP contribution < -0.4 is 0 Å². The van der Waals surface area contributed by atoms with Crippen LogP contribution >= 0.6 is 0 Å². The number of carbonyl (C=O) groups excluding carboxylic acids is 2. The van der Waals surface area contributed by atoms with Crippen LogP contribution in [0.3, 0.4) is 0 Å². The molecule has 0 bridgehead atoms. The van der Waals surface area contributed by atoms with Crippen molar-refractivity contribution in [2.24, 2.45) is 0 Å². The average Bonchev–Trinajstić information content (AvgIpc) is 2.42. The van der Waals surface area contributed by atoms with Crippen LogP contribution in [0.25, 0.3) is 0 Å². The number of carbonyl (C=O) groups is 2. The Hall–Kier alpha value is -1.64. The molecule has 0 N–H and O–H groups in total. The minimum absolute atomic E-state index is 0.181. The molecule has 3 heteroatoms. The summed E-state index contributed by atoms with van der Waals surface area (Å²) in [4.78, 5) is 24.8. The summed E-state index contributed by atoms with van der Waals surface area (Å²) in [7, 11) is 3.56. The Balaban J connectivity index is 2.08. The number of rotatable bonds is 8. The standard InChI is InChI=1S/C16H23NO2/c1-17(2)16(19)13-9-4-3-8-12-15(18)14-10-6-5-7-11-14/h5-7,10-11H,3-4,8-9,12-13H2,1-2H3. The first-order valence-electron chi connectivity index (χ1n) is 6.89. The van der Waals surface area contributed by atoms with E-state index in [1.165, 1.54) is 0 Å². The largest absolute Gasteiger partial charge is 0.349 e. The van der Waals surface area contributed by atoms with E-state index in [0.717, 1.165) is 31.2 Å². The summed E-state index contributed by atoms with van der Waals surface area (Å²) in [5.74, 6) is 0.394. The van der Waals surface area contributed by atoms with E-state index in [2.05, 4.69) is 0 Å². The van der Waals surface area contributed by atoms with Crippen molar-refractivity contribution >= 4 is 11.7 Å². The van der Waals surface area contributed by atoms with Crippen LogP contribution in [-0.4, -0.2) is 30.7 Å². The maximum atomic E-state index is 11.8. The zero-order valence-corrected chi connectivity index (χ0v) is 11.9. The van der Waals surface area contributed by atoms with Gasteiger partial charge in [-0.2, -0.15) is 0 Å². The second-order valence-corrected chi connectivity index (χ2v) is 4.99. The number of benzene rings is 1. The van der Waals surface area contributed by atoms with Gasteiger partial charge in [-0.25, -0.2) is 0 Å². The summed E-state index contributed by atoms with van der Waals surface area (Å²) in [6, 6.07) is 9.41. The number of hydrogen-bond acceptors (Lipinski definition) is 2. The Kier molecular flexibility index (Phi) is 6.86. The Morgan fingerprint density at radius 1 is 0.895 bits per heavy atom. The molecule has 0 atom stereocenters. The van der Waals surface area contributed by atoms with Crippen LogP contribution in [0.5, 0.6) is 0 Å². The van der Waals surface area contributed by atoms with E-state index >= 15 is 0 Å². The van der Waals surface area contributed by atoms with E-state index in [-0.39, 0.29) is 11.7 Å². The summed E-state index contributed by atoms with van der Waals surface area (Å²) >= 11 is 0. The fourth-order valence-electron chi connectivity index (χ4n) is 1.91. The summed E-state index contributed by atoms with van der Waals surface area (Å²) < 4.78 is 0. The maximum Gasteiger partial charge on any atom is 0.222 e. The zero-order chi connectivity index (χ0) is 14.1. The molecular formula is C16H23NO2. The number of nitrogens with zero attached hydrogens (tertiary/aromatic N) is 1. The molecule has 0 aliphatic heterocycles. The van der Waals surface area contributed by atoms with Crippen molar-refractivity contribution in [3.05, 3.63) is 35.9 Å². The van der Waals surface area contributed by atoms with Gasteiger partial charge in [-0.1, -0.05) is 43.2 Å². The summed E-state index contributed by atoms with van der Waals surface area (Å²) in [5.41, 5.74) is 0.797. The van der Waals surface area contributed by atoms with E-state index in [1.807, 2.05) is 30.3 Å². The first-order chi connectivity index (χ1) is 9.11. The molecule has 0 spiro atoms. The van der Waals surface area contributed by atoms with Crippen LogP contribution in [0.1, 0.15) is 48.9 Å². The number of amides is 1. The molecule has 0 saturated heterocycles. The van der Waals surface area contributed by atoms with Gasteiger partial charge in [0.25, 0.3) is 0 Å². The van der Waals surface area contributed by atoms with Crippen LogP contribution in [-0.2, 0) is 4.79 Å². The molecule has 3 nitrogen and oxygen atoms in total. The van der Waals surface area contributed by atoms with Crippen LogP contribution in [0.2, 0.25) is 0 Å². The Morgan fingerprint density at radius 3 is 2.05 bits per heavy atom. The minimum atomic E-state index is 0.181. The highest BCUT2D eigenvalue weighted by Gasteiger charge is 2.05. The molecule has 0 fully saturated rings. The van der Waals surface area contributed by atoms with Gasteiger partial charge in [0.1, 0.15) is 0 Å². The Morgan fingerprint density at radius 2 is 1.47 bits per heavy atom. The normalized spacial score (nSPS) is 10.2. The SMILES string of the molecule is CN(C)C(=O)CCCCCCC(=O)c1ccccc1. The quantitative estimate of drug-likeness (QED) is 0.532. The first kappa shape index (κ1) is 15.4. The van der Waals surface area contributed by atoms with E-state index < -0.39 is 0 Å². The Bertz CT molecular complexity index is 398. The molecule has 0 heterocycles. The molecule has 0 saturated carbocycles. The highest BCUT2D eigenvalue weighted by molar-refractivity contribution is 5.95. The number of Topliss-reactive ketones (excluding diaryl/α,β-unsaturated/α-hetero) is 1. The smallest absolute Gasteiger partial charge is 0.222 e. The molecule has 0 aromatic heterocycles. The topological polar surface area (TPSA) is 37.4 Å². The molecule has 1 aromatic rings. The Labute approximate surface area is 115 Å². The predicted molar refractivity (Wildman–Crippen MR) is 77.2 cm³/mol.